The summed E-state index contributed by atoms with van der Waals surface area (Å²) < 4.78 is 25.1. The van der Waals surface area contributed by atoms with Crippen molar-refractivity contribution in [2.45, 2.75) is 146 Å². The monoisotopic (exact) mass is 1110 g/mol. The zero-order valence-corrected chi connectivity index (χ0v) is 46.8. The molecule has 2 saturated carbocycles. The van der Waals surface area contributed by atoms with Crippen LogP contribution in [0, 0.1) is 18.8 Å². The van der Waals surface area contributed by atoms with E-state index in [-0.39, 0.29) is 66.9 Å². The van der Waals surface area contributed by atoms with Crippen LogP contribution >= 0.6 is 11.3 Å². The number of nitrogens with zero attached hydrogens (tertiary/aromatic N) is 9. The Hall–Kier alpha value is -6.87. The maximum Gasteiger partial charge on any atom is 0.254 e. The molecule has 19 nitrogen and oxygen atoms in total. The number of likely N-dealkylation sites (tertiary alicyclic amines) is 2. The number of phenols is 1. The lowest BCUT2D eigenvalue weighted by Gasteiger charge is -2.43. The molecule has 0 radical (unpaired) electrons. The van der Waals surface area contributed by atoms with Gasteiger partial charge in [0.2, 0.25) is 17.7 Å². The molecule has 4 aliphatic heterocycles. The molecular weight excluding hydrogens is 1030 g/mol. The molecule has 80 heavy (non-hydrogen) atoms. The van der Waals surface area contributed by atoms with Gasteiger partial charge >= 0.3 is 0 Å². The number of thiazole rings is 1. The number of phenolic OH excluding ortho intramolecular Hbond substituents is 1. The van der Waals surface area contributed by atoms with Crippen LogP contribution in [0.1, 0.15) is 108 Å². The molecule has 6 aliphatic rings. The minimum absolute atomic E-state index is 0.0187. The lowest BCUT2D eigenvalue weighted by molar-refractivity contribution is -0.141. The van der Waals surface area contributed by atoms with Crippen molar-refractivity contribution in [3.63, 3.8) is 0 Å². The van der Waals surface area contributed by atoms with E-state index in [1.165, 1.54) is 4.90 Å². The van der Waals surface area contributed by atoms with Crippen molar-refractivity contribution < 1.29 is 38.5 Å². The summed E-state index contributed by atoms with van der Waals surface area (Å²) in [6.07, 6.45) is 9.47. The normalized spacial score (nSPS) is 25.8. The van der Waals surface area contributed by atoms with Crippen LogP contribution in [-0.4, -0.2) is 145 Å². The fraction of sp³-hybridized carbons (Fsp3) is 0.517. The summed E-state index contributed by atoms with van der Waals surface area (Å²) in [6, 6.07) is 22.5. The third-order valence-corrected chi connectivity index (χ3v) is 18.4. The molecule has 2 aromatic carbocycles. The molecule has 6 atom stereocenters. The van der Waals surface area contributed by atoms with E-state index in [9.17, 15) is 19.8 Å². The number of aromatic hydroxyl groups is 1. The number of ether oxygens (including phenoxy) is 3. The molecule has 6 aromatic rings. The van der Waals surface area contributed by atoms with Gasteiger partial charge in [0.25, 0.3) is 5.88 Å². The number of carbonyl (C=O) groups is 2. The van der Waals surface area contributed by atoms with Crippen LogP contribution < -0.4 is 30.3 Å². The maximum absolute atomic E-state index is 14.3. The zero-order valence-electron chi connectivity index (χ0n) is 46.0. The molecule has 2 aliphatic carbocycles. The van der Waals surface area contributed by atoms with Gasteiger partial charge in [-0.2, -0.15) is 0 Å². The highest BCUT2D eigenvalue weighted by Gasteiger charge is 2.45. The first-order valence-corrected chi connectivity index (χ1v) is 29.5. The Kier molecular flexibility index (Phi) is 15.4. The van der Waals surface area contributed by atoms with E-state index in [1.54, 1.807) is 29.5 Å². The van der Waals surface area contributed by atoms with E-state index in [1.807, 2.05) is 81.9 Å². The Balaban J connectivity index is 0.555. The number of pyridine rings is 1. The Morgan fingerprint density at radius 3 is 2.30 bits per heavy atom. The number of hydrogen-bond acceptors (Lipinski definition) is 18. The van der Waals surface area contributed by atoms with Crippen LogP contribution in [0.3, 0.4) is 0 Å². The molecule has 8 heterocycles. The fourth-order valence-corrected chi connectivity index (χ4v) is 13.9. The molecule has 2 amide bonds. The van der Waals surface area contributed by atoms with Crippen molar-refractivity contribution in [2.75, 3.05) is 54.8 Å². The summed E-state index contributed by atoms with van der Waals surface area (Å²) in [4.78, 5) is 47.0. The van der Waals surface area contributed by atoms with Gasteiger partial charge in [0.15, 0.2) is 11.6 Å². The number of carbonyl (C=O) groups excluding carboxylic acids is 2. The number of piperazine rings is 1. The molecule has 6 fully saturated rings. The fourth-order valence-electron chi connectivity index (χ4n) is 13.1. The van der Waals surface area contributed by atoms with E-state index >= 15 is 0 Å². The van der Waals surface area contributed by atoms with E-state index in [4.69, 9.17) is 24.5 Å². The number of anilines is 3. The number of benzene rings is 2. The quantitative estimate of drug-likeness (QED) is 0.0640. The van der Waals surface area contributed by atoms with Gasteiger partial charge < -0.3 is 59.6 Å². The Labute approximate surface area is 470 Å². The van der Waals surface area contributed by atoms with E-state index in [2.05, 4.69) is 57.5 Å². The molecule has 4 saturated heterocycles. The van der Waals surface area contributed by atoms with Crippen molar-refractivity contribution in [3.8, 4) is 39.2 Å². The number of aliphatic hydroxyl groups excluding tert-OH is 1. The summed E-state index contributed by atoms with van der Waals surface area (Å²) in [5.41, 5.74) is 14.4. The Morgan fingerprint density at radius 2 is 1.57 bits per heavy atom. The smallest absolute Gasteiger partial charge is 0.254 e. The largest absolute Gasteiger partial charge is 0.507 e. The SMILES string of the molecule is Cc1ncsc1-c1ccc([C@H](C)NC(=O)[C@@H]2C[C@@H](O)CN2C(=O)[C@@H](c2cc(OC3CC(CN4CCC(OC5CC(Oc6cc(N7C8CCC7CN(c7cc(-c9ccccc9O)nnc7N)C8)ccn6)C5)CC4)C3)no2)C(C)C)cc1. The van der Waals surface area contributed by atoms with Crippen molar-refractivity contribution in [1.29, 1.82) is 0 Å². The third-order valence-electron chi connectivity index (χ3n) is 17.5. The van der Waals surface area contributed by atoms with E-state index in [0.717, 1.165) is 117 Å². The summed E-state index contributed by atoms with van der Waals surface area (Å²) in [6.45, 7) is 12.5. The van der Waals surface area contributed by atoms with Gasteiger partial charge in [0, 0.05) is 100 Å². The third kappa shape index (κ3) is 11.4. The average molecular weight is 1110 g/mol. The van der Waals surface area contributed by atoms with Gasteiger partial charge in [-0.3, -0.25) is 9.59 Å². The number of nitrogen functional groups attached to an aromatic ring is 1. The van der Waals surface area contributed by atoms with Crippen LogP contribution in [-0.2, 0) is 14.3 Å². The summed E-state index contributed by atoms with van der Waals surface area (Å²) in [5, 5.41) is 37.1. The zero-order chi connectivity index (χ0) is 55.2. The second-order valence-corrected chi connectivity index (χ2v) is 24.3. The lowest BCUT2D eigenvalue weighted by atomic mass is 9.81. The van der Waals surface area contributed by atoms with Crippen LogP contribution in [0.4, 0.5) is 17.2 Å². The minimum Gasteiger partial charge on any atom is -0.507 e. The topological polar surface area (TPSA) is 231 Å². The molecule has 0 spiro atoms. The van der Waals surface area contributed by atoms with Crippen molar-refractivity contribution in [1.82, 2.24) is 40.4 Å². The molecule has 5 N–H and O–H groups in total. The highest BCUT2D eigenvalue weighted by molar-refractivity contribution is 7.13. The predicted octanol–water partition coefficient (Wildman–Crippen LogP) is 7.93. The first kappa shape index (κ1) is 53.8. The first-order chi connectivity index (χ1) is 38.8. The van der Waals surface area contributed by atoms with Gasteiger partial charge in [0.05, 0.1) is 51.8 Å². The Morgan fingerprint density at radius 1 is 0.838 bits per heavy atom. The number of nitrogens with two attached hydrogens (primary N) is 1. The number of aromatic nitrogens is 5. The van der Waals surface area contributed by atoms with E-state index < -0.39 is 18.1 Å². The molecule has 12 rings (SSSR count). The number of amides is 2. The number of hydrogen-bond donors (Lipinski definition) is 4. The number of piperidine rings is 1. The van der Waals surface area contributed by atoms with Crippen LogP contribution in [0.25, 0.3) is 21.7 Å². The number of aliphatic hydroxyl groups is 1. The molecule has 20 heteroatoms. The standard InChI is InChI=1S/C60H73N11O8S/c1-34(2)56(60(75)70-32-43(72)24-51(70)59(74)64-35(3)38-9-11-39(12-10-38)57-36(4)63-33-80-57)53-28-55(67-79-53)78-45-21-37(22-45)29-68-19-16-44(17-20-68)76-46-25-47(26-46)77-54-23-40(15-18-62-54)71-41-13-14-42(71)31-69(30-41)50-27-49(65-66-58(50)61)48-7-5-6-8-52(48)73/h5-12,15,18,23,27-28,33-35,37,41-47,51,56,72-73H,13-14,16-17,19-22,24-26,29-32H2,1-4H3,(H2,61,66)(H,64,74)/t35-,37?,41?,42?,43+,45?,46?,47?,51-,56+/m0/s1. The van der Waals surface area contributed by atoms with Crippen molar-refractivity contribution in [3.05, 3.63) is 102 Å². The lowest BCUT2D eigenvalue weighted by Crippen LogP contribution is -2.54. The highest BCUT2D eigenvalue weighted by atomic mass is 32.1. The summed E-state index contributed by atoms with van der Waals surface area (Å²) in [5.74, 6) is 1.03. The second kappa shape index (κ2) is 22.9. The molecule has 2 bridgehead atoms. The van der Waals surface area contributed by atoms with Crippen LogP contribution in [0.15, 0.2) is 89.0 Å². The van der Waals surface area contributed by atoms with Gasteiger partial charge in [-0.1, -0.05) is 50.2 Å². The number of para-hydroxylation sites is 1. The predicted molar refractivity (Wildman–Crippen MR) is 303 cm³/mol. The summed E-state index contributed by atoms with van der Waals surface area (Å²) >= 11 is 1.59. The summed E-state index contributed by atoms with van der Waals surface area (Å²) in [7, 11) is 0. The second-order valence-electron chi connectivity index (χ2n) is 23.4. The van der Waals surface area contributed by atoms with E-state index in [0.29, 0.717) is 52.6 Å². The van der Waals surface area contributed by atoms with Gasteiger partial charge in [0.1, 0.15) is 29.9 Å². The number of fused-ring (bicyclic) bond motifs is 2. The van der Waals surface area contributed by atoms with Crippen LogP contribution in [0.5, 0.6) is 17.5 Å². The van der Waals surface area contributed by atoms with Gasteiger partial charge in [-0.05, 0) is 105 Å². The minimum atomic E-state index is -0.820. The Bertz CT molecular complexity index is 3120. The number of β-amino-alcohol motifs (C(OH)–C–C–N with tert-alkyl or cyclic N) is 1. The highest BCUT2D eigenvalue weighted by Crippen LogP contribution is 2.42. The first-order valence-electron chi connectivity index (χ1n) is 28.6. The molecule has 2 unspecified atom stereocenters. The molecule has 4 aromatic heterocycles. The number of nitrogens with one attached hydrogen (secondary N) is 1. The van der Waals surface area contributed by atoms with Gasteiger partial charge in [-0.15, -0.1) is 21.5 Å². The number of aryl methyl sites for hydroxylation is 1. The van der Waals surface area contributed by atoms with Crippen molar-refractivity contribution in [2.24, 2.45) is 11.8 Å². The van der Waals surface area contributed by atoms with Gasteiger partial charge in [-0.25, -0.2) is 9.97 Å². The molecule has 422 valence electrons. The number of rotatable bonds is 18. The van der Waals surface area contributed by atoms with Crippen LogP contribution in [0.2, 0.25) is 0 Å². The molecular formula is C60H73N11O8S. The van der Waals surface area contributed by atoms with Crippen molar-refractivity contribution >= 4 is 40.3 Å². The average Bonchev–Trinajstić information content (AvgIpc) is 4.27. The maximum atomic E-state index is 14.3.